The Kier molecular flexibility index (Phi) is 4.60. The fourth-order valence-corrected chi connectivity index (χ4v) is 9.08. The summed E-state index contributed by atoms with van der Waals surface area (Å²) < 4.78 is 4.84. The Morgan fingerprint density at radius 1 is 0.550 bits per heavy atom. The van der Waals surface area contributed by atoms with Crippen LogP contribution in [0.3, 0.4) is 0 Å². The number of hydrogen-bond donors (Lipinski definition) is 0. The van der Waals surface area contributed by atoms with Gasteiger partial charge >= 0.3 is 0 Å². The highest BCUT2D eigenvalue weighted by Crippen LogP contribution is 2.59. The lowest BCUT2D eigenvalue weighted by molar-refractivity contribution is -0.687. The van der Waals surface area contributed by atoms with Crippen molar-refractivity contribution in [3.8, 4) is 22.4 Å². The number of nitrogens with zero attached hydrogens (tertiary/aromatic N) is 2. The minimum absolute atomic E-state index is 0.392. The summed E-state index contributed by atoms with van der Waals surface area (Å²) in [5.74, 6) is 0. The van der Waals surface area contributed by atoms with E-state index in [-0.39, 0.29) is 0 Å². The second kappa shape index (κ2) is 8.24. The van der Waals surface area contributed by atoms with Gasteiger partial charge in [0.1, 0.15) is 8.35 Å². The molecule has 2 nitrogen and oxygen atoms in total. The van der Waals surface area contributed by atoms with E-state index < -0.39 is 5.41 Å². The molecule has 1 unspecified atom stereocenters. The van der Waals surface area contributed by atoms with Gasteiger partial charge in [-0.2, -0.15) is 8.73 Å². The number of pyridine rings is 2. The number of rotatable bonds is 2. The lowest BCUT2D eigenvalue weighted by Gasteiger charge is -2.36. The van der Waals surface area contributed by atoms with Gasteiger partial charge in [0.2, 0.25) is 11.2 Å². The van der Waals surface area contributed by atoms with E-state index in [0.717, 1.165) is 13.0 Å². The quantitative estimate of drug-likeness (QED) is 0.205. The zero-order chi connectivity index (χ0) is 26.3. The van der Waals surface area contributed by atoms with Crippen LogP contribution in [0.15, 0.2) is 134 Å². The molecule has 4 heterocycles. The summed E-state index contributed by atoms with van der Waals surface area (Å²) in [6, 6.07) is 45.5. The molecule has 40 heavy (non-hydrogen) atoms. The maximum Gasteiger partial charge on any atom is 0.220 e. The van der Waals surface area contributed by atoms with Crippen molar-refractivity contribution in [2.45, 2.75) is 18.4 Å². The molecule has 7 aromatic rings. The number of aryl methyl sites for hydroxylation is 1. The molecule has 0 saturated carbocycles. The maximum absolute atomic E-state index is 2.43. The summed E-state index contributed by atoms with van der Waals surface area (Å²) in [5, 5.41) is 2.83. The molecule has 1 aliphatic carbocycles. The third kappa shape index (κ3) is 2.79. The molecule has 0 saturated heterocycles. The zero-order valence-corrected chi connectivity index (χ0v) is 23.0. The summed E-state index contributed by atoms with van der Waals surface area (Å²) in [4.78, 5) is 0. The van der Waals surface area contributed by atoms with Crippen LogP contribution in [0.2, 0.25) is 0 Å². The van der Waals surface area contributed by atoms with Gasteiger partial charge in [-0.15, -0.1) is 0 Å². The van der Waals surface area contributed by atoms with Crippen LogP contribution >= 0.6 is 8.35 Å². The van der Waals surface area contributed by atoms with Crippen LogP contribution in [0, 0.1) is 0 Å². The SMILES string of the molecule is c1ccc2c(c1)-c1ccccc1C2(c1cccc2c1CC[n+]1ccccc1-2)c1cccc2c1[pH][n+]1ccccc21. The molecule has 188 valence electrons. The molecule has 0 N–H and O–H groups in total. The predicted molar refractivity (Wildman–Crippen MR) is 163 cm³/mol. The minimum Gasteiger partial charge on any atom is -0.198 e. The van der Waals surface area contributed by atoms with Crippen molar-refractivity contribution in [3.05, 3.63) is 162 Å². The summed E-state index contributed by atoms with van der Waals surface area (Å²) in [6.45, 7) is 0.996. The highest BCUT2D eigenvalue weighted by atomic mass is 31.0. The standard InChI is InChI=1S/C37H27N2P/c1-3-15-30-25(11-1)26-12-2-4-16-31(26)37(30,33-18-10-14-29-35-20-6-8-23-39(35)40-36(29)33)32-17-9-13-28-27(32)21-24-38-22-7-5-19-34(28)38/h1-20,22-23,40H,21,24H2/q+2. The van der Waals surface area contributed by atoms with E-state index in [0.29, 0.717) is 8.35 Å². The van der Waals surface area contributed by atoms with Gasteiger partial charge in [0.25, 0.3) is 0 Å². The van der Waals surface area contributed by atoms with Gasteiger partial charge < -0.3 is 0 Å². The van der Waals surface area contributed by atoms with Crippen molar-refractivity contribution < 1.29 is 8.73 Å². The number of fused-ring (bicyclic) bond motifs is 9. The third-order valence-electron chi connectivity index (χ3n) is 9.19. The molecule has 0 fully saturated rings. The van der Waals surface area contributed by atoms with Crippen molar-refractivity contribution in [2.75, 3.05) is 0 Å². The van der Waals surface area contributed by atoms with Gasteiger partial charge in [0, 0.05) is 36.2 Å². The van der Waals surface area contributed by atoms with Gasteiger partial charge in [-0.25, -0.2) is 0 Å². The van der Waals surface area contributed by atoms with Crippen LogP contribution in [0.1, 0.15) is 27.8 Å². The molecule has 0 spiro atoms. The summed E-state index contributed by atoms with van der Waals surface area (Å²) in [7, 11) is 0.568. The molecule has 3 heteroatoms. The lowest BCUT2D eigenvalue weighted by atomic mass is 9.65. The topological polar surface area (TPSA) is 7.98 Å². The first-order valence-corrected chi connectivity index (χ1v) is 15.0. The largest absolute Gasteiger partial charge is 0.220 e. The summed E-state index contributed by atoms with van der Waals surface area (Å²) in [5.41, 5.74) is 13.4. The van der Waals surface area contributed by atoms with Crippen molar-refractivity contribution in [3.63, 3.8) is 0 Å². The molecular weight excluding hydrogens is 503 g/mol. The van der Waals surface area contributed by atoms with E-state index >= 15 is 0 Å². The van der Waals surface area contributed by atoms with Crippen molar-refractivity contribution in [1.29, 1.82) is 0 Å². The second-order valence-electron chi connectivity index (χ2n) is 11.0. The molecule has 1 aliphatic heterocycles. The Hall–Kier alpha value is -4.52. The molecule has 2 aliphatic rings. The van der Waals surface area contributed by atoms with Crippen LogP contribution < -0.4 is 8.73 Å². The van der Waals surface area contributed by atoms with Crippen LogP contribution in [0.5, 0.6) is 0 Å². The summed E-state index contributed by atoms with van der Waals surface area (Å²) >= 11 is 0. The van der Waals surface area contributed by atoms with E-state index in [4.69, 9.17) is 0 Å². The molecule has 0 radical (unpaired) electrons. The van der Waals surface area contributed by atoms with Crippen LogP contribution in [0.25, 0.3) is 38.4 Å². The first-order valence-electron chi connectivity index (χ1n) is 14.1. The van der Waals surface area contributed by atoms with Crippen molar-refractivity contribution in [1.82, 2.24) is 0 Å². The normalized spacial score (nSPS) is 14.7. The van der Waals surface area contributed by atoms with Crippen LogP contribution in [-0.2, 0) is 18.4 Å². The molecule has 0 bridgehead atoms. The first kappa shape index (κ1) is 22.3. The fourth-order valence-electron chi connectivity index (χ4n) is 7.64. The Balaban J connectivity index is 1.48. The Bertz CT molecular complexity index is 2090. The smallest absolute Gasteiger partial charge is 0.198 e. The predicted octanol–water partition coefficient (Wildman–Crippen LogP) is 7.48. The second-order valence-corrected chi connectivity index (χ2v) is 12.2. The molecular formula is C37H27N2P+2. The lowest BCUT2D eigenvalue weighted by Crippen LogP contribution is -2.41. The van der Waals surface area contributed by atoms with Gasteiger partial charge in [-0.1, -0.05) is 72.8 Å². The molecule has 4 aromatic carbocycles. The molecule has 9 rings (SSSR count). The van der Waals surface area contributed by atoms with Gasteiger partial charge in [-0.05, 0) is 63.2 Å². The Morgan fingerprint density at radius 2 is 1.20 bits per heavy atom. The molecule has 0 amide bonds. The van der Waals surface area contributed by atoms with Crippen LogP contribution in [0.4, 0.5) is 0 Å². The minimum atomic E-state index is -0.392. The van der Waals surface area contributed by atoms with Crippen LogP contribution in [-0.4, -0.2) is 0 Å². The van der Waals surface area contributed by atoms with Crippen molar-refractivity contribution >= 4 is 24.4 Å². The van der Waals surface area contributed by atoms with E-state index in [2.05, 4.69) is 142 Å². The van der Waals surface area contributed by atoms with Crippen molar-refractivity contribution in [2.24, 2.45) is 0 Å². The number of hydrogen-bond acceptors (Lipinski definition) is 0. The summed E-state index contributed by atoms with van der Waals surface area (Å²) in [6.07, 6.45) is 5.48. The van der Waals surface area contributed by atoms with E-state index in [1.165, 1.54) is 66.2 Å². The highest BCUT2D eigenvalue weighted by molar-refractivity contribution is 7.29. The van der Waals surface area contributed by atoms with E-state index in [1.807, 2.05) is 0 Å². The van der Waals surface area contributed by atoms with Gasteiger partial charge in [0.15, 0.2) is 18.9 Å². The van der Waals surface area contributed by atoms with Gasteiger partial charge in [0.05, 0.1) is 15.9 Å². The van der Waals surface area contributed by atoms with E-state index in [1.54, 1.807) is 0 Å². The monoisotopic (exact) mass is 530 g/mol. The Labute approximate surface area is 235 Å². The average Bonchev–Trinajstić information content (AvgIpc) is 3.55. The number of aromatic nitrogens is 2. The first-order chi connectivity index (χ1) is 19.9. The molecule has 3 aromatic heterocycles. The van der Waals surface area contributed by atoms with E-state index in [9.17, 15) is 0 Å². The Morgan fingerprint density at radius 3 is 2.05 bits per heavy atom. The maximum atomic E-state index is 2.43. The molecule has 1 atom stereocenters. The van der Waals surface area contributed by atoms with Gasteiger partial charge in [-0.3, -0.25) is 0 Å². The number of benzene rings is 4. The fraction of sp³-hybridized carbons (Fsp3) is 0.0811. The average molecular weight is 531 g/mol. The third-order valence-corrected chi connectivity index (χ3v) is 10.6. The zero-order valence-electron chi connectivity index (χ0n) is 22.0. The highest BCUT2D eigenvalue weighted by Gasteiger charge is 2.49.